The predicted molar refractivity (Wildman–Crippen MR) is 79.0 cm³/mol. The SMILES string of the molecule is CCCN(CC1CC1)c1ccc([C@@H](C)O)cc1[N+](=O)[O-]. The molecule has 20 heavy (non-hydrogen) atoms. The minimum absolute atomic E-state index is 0.0949. The summed E-state index contributed by atoms with van der Waals surface area (Å²) in [4.78, 5) is 13.1. The molecule has 0 saturated heterocycles. The molecule has 1 aromatic carbocycles. The second-order valence-electron chi connectivity index (χ2n) is 5.57. The van der Waals surface area contributed by atoms with Crippen LogP contribution in [0.3, 0.4) is 0 Å². The van der Waals surface area contributed by atoms with E-state index >= 15 is 0 Å². The van der Waals surface area contributed by atoms with Crippen molar-refractivity contribution < 1.29 is 10.0 Å². The lowest BCUT2D eigenvalue weighted by molar-refractivity contribution is -0.384. The van der Waals surface area contributed by atoms with Gasteiger partial charge in [-0.25, -0.2) is 0 Å². The minimum atomic E-state index is -0.689. The smallest absolute Gasteiger partial charge is 0.292 e. The van der Waals surface area contributed by atoms with Crippen LogP contribution < -0.4 is 4.90 Å². The average molecular weight is 278 g/mol. The Hall–Kier alpha value is -1.62. The molecule has 0 radical (unpaired) electrons. The van der Waals surface area contributed by atoms with Crippen LogP contribution >= 0.6 is 0 Å². The van der Waals surface area contributed by atoms with Gasteiger partial charge in [0.1, 0.15) is 5.69 Å². The zero-order valence-electron chi connectivity index (χ0n) is 12.1. The molecule has 1 aromatic rings. The summed E-state index contributed by atoms with van der Waals surface area (Å²) in [5.74, 6) is 0.678. The van der Waals surface area contributed by atoms with Gasteiger partial charge in [0, 0.05) is 19.2 Å². The molecule has 1 N–H and O–H groups in total. The highest BCUT2D eigenvalue weighted by Gasteiger charge is 2.27. The number of hydrogen-bond donors (Lipinski definition) is 1. The van der Waals surface area contributed by atoms with Crippen molar-refractivity contribution in [3.8, 4) is 0 Å². The topological polar surface area (TPSA) is 66.6 Å². The molecule has 0 unspecified atom stereocenters. The molecule has 2 rings (SSSR count). The summed E-state index contributed by atoms with van der Waals surface area (Å²) in [5.41, 5.74) is 1.36. The molecule has 1 aliphatic rings. The molecule has 1 atom stereocenters. The molecule has 0 aromatic heterocycles. The Morgan fingerprint density at radius 1 is 1.50 bits per heavy atom. The Balaban J connectivity index is 2.33. The molecule has 1 fully saturated rings. The number of rotatable bonds is 7. The number of nitrogens with zero attached hydrogens (tertiary/aromatic N) is 2. The fraction of sp³-hybridized carbons (Fsp3) is 0.600. The fourth-order valence-corrected chi connectivity index (χ4v) is 2.41. The van der Waals surface area contributed by atoms with E-state index in [0.717, 1.165) is 19.5 Å². The van der Waals surface area contributed by atoms with Crippen LogP contribution in [0, 0.1) is 16.0 Å². The van der Waals surface area contributed by atoms with Crippen molar-refractivity contribution >= 4 is 11.4 Å². The van der Waals surface area contributed by atoms with Gasteiger partial charge in [0.2, 0.25) is 0 Å². The molecule has 110 valence electrons. The number of anilines is 1. The van der Waals surface area contributed by atoms with Crippen molar-refractivity contribution in [2.45, 2.75) is 39.2 Å². The van der Waals surface area contributed by atoms with Crippen molar-refractivity contribution in [1.82, 2.24) is 0 Å². The quantitative estimate of drug-likeness (QED) is 0.614. The summed E-state index contributed by atoms with van der Waals surface area (Å²) in [7, 11) is 0. The number of aliphatic hydroxyl groups excluding tert-OH is 1. The first-order valence-corrected chi connectivity index (χ1v) is 7.24. The summed E-state index contributed by atoms with van der Waals surface area (Å²) in [5, 5.41) is 20.9. The van der Waals surface area contributed by atoms with E-state index < -0.39 is 6.10 Å². The van der Waals surface area contributed by atoms with E-state index in [2.05, 4.69) is 11.8 Å². The van der Waals surface area contributed by atoms with E-state index in [0.29, 0.717) is 17.2 Å². The number of aliphatic hydroxyl groups is 1. The molecular formula is C15H22N2O3. The van der Waals surface area contributed by atoms with Crippen molar-refractivity contribution in [3.63, 3.8) is 0 Å². The summed E-state index contributed by atoms with van der Waals surface area (Å²) in [6.07, 6.45) is 2.72. The highest BCUT2D eigenvalue weighted by molar-refractivity contribution is 5.64. The van der Waals surface area contributed by atoms with Crippen LogP contribution in [0.1, 0.15) is 44.8 Å². The first-order valence-electron chi connectivity index (χ1n) is 7.24. The first-order chi connectivity index (χ1) is 9.52. The molecule has 5 heteroatoms. The lowest BCUT2D eigenvalue weighted by atomic mass is 10.1. The molecule has 0 spiro atoms. The molecule has 0 amide bonds. The normalized spacial score (nSPS) is 15.9. The van der Waals surface area contributed by atoms with Crippen LogP contribution in [0.15, 0.2) is 18.2 Å². The largest absolute Gasteiger partial charge is 0.389 e. The second-order valence-corrected chi connectivity index (χ2v) is 5.57. The number of nitro benzene ring substituents is 1. The maximum Gasteiger partial charge on any atom is 0.292 e. The van der Waals surface area contributed by atoms with E-state index in [1.54, 1.807) is 19.1 Å². The number of nitro groups is 1. The zero-order chi connectivity index (χ0) is 14.7. The first kappa shape index (κ1) is 14.8. The molecular weight excluding hydrogens is 256 g/mol. The van der Waals surface area contributed by atoms with Gasteiger partial charge in [0.05, 0.1) is 11.0 Å². The number of benzene rings is 1. The Labute approximate surface area is 119 Å². The Morgan fingerprint density at radius 2 is 2.20 bits per heavy atom. The summed E-state index contributed by atoms with van der Waals surface area (Å²) in [6.45, 7) is 5.41. The lowest BCUT2D eigenvalue weighted by Gasteiger charge is -2.24. The van der Waals surface area contributed by atoms with Crippen LogP contribution in [-0.4, -0.2) is 23.1 Å². The monoisotopic (exact) mass is 278 g/mol. The van der Waals surface area contributed by atoms with Crippen LogP contribution in [0.25, 0.3) is 0 Å². The molecule has 0 aliphatic heterocycles. The van der Waals surface area contributed by atoms with Crippen LogP contribution in [0.5, 0.6) is 0 Å². The second kappa shape index (κ2) is 6.22. The summed E-state index contributed by atoms with van der Waals surface area (Å²) >= 11 is 0. The molecule has 1 aliphatic carbocycles. The third kappa shape index (κ3) is 3.48. The third-order valence-corrected chi connectivity index (χ3v) is 3.69. The van der Waals surface area contributed by atoms with Gasteiger partial charge >= 0.3 is 0 Å². The molecule has 0 bridgehead atoms. The van der Waals surface area contributed by atoms with E-state index in [9.17, 15) is 15.2 Å². The fourth-order valence-electron chi connectivity index (χ4n) is 2.41. The standard InChI is InChI=1S/C15H22N2O3/c1-3-8-16(10-12-4-5-12)14-7-6-13(11(2)18)9-15(14)17(19)20/h6-7,9,11-12,18H,3-5,8,10H2,1-2H3/t11-/m1/s1. The van der Waals surface area contributed by atoms with E-state index in [1.165, 1.54) is 18.9 Å². The highest BCUT2D eigenvalue weighted by Crippen LogP contribution is 2.36. The van der Waals surface area contributed by atoms with Gasteiger partial charge in [-0.1, -0.05) is 13.0 Å². The van der Waals surface area contributed by atoms with E-state index in [1.807, 2.05) is 0 Å². The Bertz CT molecular complexity index is 484. The van der Waals surface area contributed by atoms with Crippen molar-refractivity contribution in [3.05, 3.63) is 33.9 Å². The van der Waals surface area contributed by atoms with Gasteiger partial charge in [-0.2, -0.15) is 0 Å². The van der Waals surface area contributed by atoms with Gasteiger partial charge in [0.15, 0.2) is 0 Å². The van der Waals surface area contributed by atoms with Crippen LogP contribution in [0.4, 0.5) is 11.4 Å². The van der Waals surface area contributed by atoms with Crippen molar-refractivity contribution in [2.24, 2.45) is 5.92 Å². The molecule has 5 nitrogen and oxygen atoms in total. The Kier molecular flexibility index (Phi) is 4.60. The predicted octanol–water partition coefficient (Wildman–Crippen LogP) is 3.27. The minimum Gasteiger partial charge on any atom is -0.389 e. The van der Waals surface area contributed by atoms with Gasteiger partial charge in [0.25, 0.3) is 5.69 Å². The summed E-state index contributed by atoms with van der Waals surface area (Å²) < 4.78 is 0. The van der Waals surface area contributed by atoms with Crippen molar-refractivity contribution in [1.29, 1.82) is 0 Å². The van der Waals surface area contributed by atoms with E-state index in [-0.39, 0.29) is 10.6 Å². The molecule has 1 saturated carbocycles. The third-order valence-electron chi connectivity index (χ3n) is 3.69. The lowest BCUT2D eigenvalue weighted by Crippen LogP contribution is -2.27. The molecule has 0 heterocycles. The van der Waals surface area contributed by atoms with Gasteiger partial charge in [-0.15, -0.1) is 0 Å². The highest BCUT2D eigenvalue weighted by atomic mass is 16.6. The Morgan fingerprint density at radius 3 is 2.70 bits per heavy atom. The average Bonchev–Trinajstić information content (AvgIpc) is 3.21. The van der Waals surface area contributed by atoms with Crippen molar-refractivity contribution in [2.75, 3.05) is 18.0 Å². The van der Waals surface area contributed by atoms with E-state index in [4.69, 9.17) is 0 Å². The van der Waals surface area contributed by atoms with Gasteiger partial charge in [-0.05, 0) is 43.7 Å². The van der Waals surface area contributed by atoms with Crippen LogP contribution in [-0.2, 0) is 0 Å². The zero-order valence-corrected chi connectivity index (χ0v) is 12.1. The van der Waals surface area contributed by atoms with Crippen LogP contribution in [0.2, 0.25) is 0 Å². The maximum absolute atomic E-state index is 11.3. The van der Waals surface area contributed by atoms with Gasteiger partial charge in [-0.3, -0.25) is 10.1 Å². The maximum atomic E-state index is 11.3. The van der Waals surface area contributed by atoms with Gasteiger partial charge < -0.3 is 10.0 Å². The number of hydrogen-bond acceptors (Lipinski definition) is 4. The summed E-state index contributed by atoms with van der Waals surface area (Å²) in [6, 6.07) is 5.05.